The first-order valence-corrected chi connectivity index (χ1v) is 12.7. The Labute approximate surface area is 199 Å². The van der Waals surface area contributed by atoms with E-state index in [1.165, 1.54) is 4.31 Å². The van der Waals surface area contributed by atoms with Crippen molar-refractivity contribution in [1.82, 2.24) is 14.2 Å². The fourth-order valence-corrected chi connectivity index (χ4v) is 6.24. The Morgan fingerprint density at radius 1 is 1.18 bits per heavy atom. The molecule has 33 heavy (non-hydrogen) atoms. The van der Waals surface area contributed by atoms with Crippen LogP contribution in [0.4, 0.5) is 0 Å². The van der Waals surface area contributed by atoms with Crippen molar-refractivity contribution in [3.05, 3.63) is 51.8 Å². The summed E-state index contributed by atoms with van der Waals surface area (Å²) in [5, 5.41) is 3.51. The summed E-state index contributed by atoms with van der Waals surface area (Å²) in [5.74, 6) is -1.33. The molecule has 8 nitrogen and oxygen atoms in total. The average molecular weight is 496 g/mol. The number of benzene rings is 1. The summed E-state index contributed by atoms with van der Waals surface area (Å²) in [6, 6.07) is 7.17. The Bertz CT molecular complexity index is 1140. The van der Waals surface area contributed by atoms with Gasteiger partial charge in [-0.1, -0.05) is 23.7 Å². The predicted molar refractivity (Wildman–Crippen MR) is 126 cm³/mol. The minimum atomic E-state index is -4.01. The van der Waals surface area contributed by atoms with Gasteiger partial charge in [-0.05, 0) is 51.3 Å². The van der Waals surface area contributed by atoms with E-state index >= 15 is 0 Å². The molecule has 2 heterocycles. The van der Waals surface area contributed by atoms with Gasteiger partial charge in [0.25, 0.3) is 0 Å². The van der Waals surface area contributed by atoms with E-state index in [1.807, 2.05) is 12.1 Å². The molecule has 0 aliphatic carbocycles. The van der Waals surface area contributed by atoms with Gasteiger partial charge in [-0.15, -0.1) is 0 Å². The summed E-state index contributed by atoms with van der Waals surface area (Å²) in [7, 11) is -2.29. The van der Waals surface area contributed by atoms with Crippen molar-refractivity contribution in [1.29, 1.82) is 0 Å². The number of halogens is 1. The Morgan fingerprint density at radius 3 is 2.48 bits per heavy atom. The summed E-state index contributed by atoms with van der Waals surface area (Å²) >= 11 is 5.90. The maximum absolute atomic E-state index is 13.6. The number of carbonyl (C=O) groups excluding carboxylic acids is 2. The van der Waals surface area contributed by atoms with Gasteiger partial charge in [0.15, 0.2) is 0 Å². The highest BCUT2D eigenvalue weighted by molar-refractivity contribution is 7.89. The van der Waals surface area contributed by atoms with Crippen molar-refractivity contribution >= 4 is 33.5 Å². The Balaban J connectivity index is 1.80. The third-order valence-electron chi connectivity index (χ3n) is 6.14. The van der Waals surface area contributed by atoms with Crippen molar-refractivity contribution in [2.75, 3.05) is 19.7 Å². The normalized spacial score (nSPS) is 17.1. The number of piperidine rings is 1. The zero-order valence-electron chi connectivity index (χ0n) is 19.4. The Hall–Kier alpha value is -2.36. The first kappa shape index (κ1) is 25.3. The molecule has 2 aromatic rings. The minimum Gasteiger partial charge on any atom is -0.462 e. The number of sulfonamides is 1. The van der Waals surface area contributed by atoms with E-state index in [0.717, 1.165) is 5.56 Å². The number of hydrogen-bond acceptors (Lipinski definition) is 5. The molecule has 0 unspecified atom stereocenters. The molecular formula is C23H30ClN3O5S. The molecule has 0 spiro atoms. The van der Waals surface area contributed by atoms with Crippen LogP contribution in [0.25, 0.3) is 0 Å². The molecule has 180 valence electrons. The highest BCUT2D eigenvalue weighted by Gasteiger charge is 2.38. The lowest BCUT2D eigenvalue weighted by Gasteiger charge is -2.31. The lowest BCUT2D eigenvalue weighted by atomic mass is 9.99. The molecule has 1 atom stereocenters. The van der Waals surface area contributed by atoms with Gasteiger partial charge in [-0.25, -0.2) is 13.2 Å². The van der Waals surface area contributed by atoms with E-state index in [1.54, 1.807) is 44.5 Å². The average Bonchev–Trinajstić information content (AvgIpc) is 3.03. The fourth-order valence-electron chi connectivity index (χ4n) is 4.12. The third kappa shape index (κ3) is 5.26. The second-order valence-electron chi connectivity index (χ2n) is 8.20. The zero-order valence-corrected chi connectivity index (χ0v) is 20.9. The first-order chi connectivity index (χ1) is 15.6. The lowest BCUT2D eigenvalue weighted by Crippen LogP contribution is -2.45. The summed E-state index contributed by atoms with van der Waals surface area (Å²) < 4.78 is 35.4. The summed E-state index contributed by atoms with van der Waals surface area (Å²) in [5.41, 5.74) is 1.96. The van der Waals surface area contributed by atoms with Crippen LogP contribution in [0.1, 0.15) is 47.1 Å². The molecule has 1 aliphatic heterocycles. The van der Waals surface area contributed by atoms with E-state index in [-0.39, 0.29) is 29.5 Å². The van der Waals surface area contributed by atoms with E-state index < -0.39 is 21.9 Å². The van der Waals surface area contributed by atoms with Crippen LogP contribution in [0.5, 0.6) is 0 Å². The molecule has 0 radical (unpaired) electrons. The van der Waals surface area contributed by atoms with Crippen molar-refractivity contribution in [2.24, 2.45) is 13.0 Å². The number of carbonyl (C=O) groups is 2. The van der Waals surface area contributed by atoms with Crippen LogP contribution in [-0.2, 0) is 33.1 Å². The monoisotopic (exact) mass is 495 g/mol. The summed E-state index contributed by atoms with van der Waals surface area (Å²) in [4.78, 5) is 25.4. The molecule has 1 N–H and O–H groups in total. The second-order valence-corrected chi connectivity index (χ2v) is 10.5. The molecule has 1 saturated heterocycles. The van der Waals surface area contributed by atoms with Crippen LogP contribution in [0.3, 0.4) is 0 Å². The number of nitrogens with zero attached hydrogens (tertiary/aromatic N) is 2. The van der Waals surface area contributed by atoms with Crippen LogP contribution < -0.4 is 5.32 Å². The van der Waals surface area contributed by atoms with E-state index in [4.69, 9.17) is 16.3 Å². The molecule has 3 rings (SSSR count). The van der Waals surface area contributed by atoms with Gasteiger partial charge in [-0.2, -0.15) is 4.31 Å². The number of amides is 1. The zero-order chi connectivity index (χ0) is 24.3. The van der Waals surface area contributed by atoms with Crippen LogP contribution in [0.2, 0.25) is 5.02 Å². The number of hydrogen-bond donors (Lipinski definition) is 1. The number of rotatable bonds is 7. The van der Waals surface area contributed by atoms with E-state index in [9.17, 15) is 18.0 Å². The fraction of sp³-hybridized carbons (Fsp3) is 0.478. The van der Waals surface area contributed by atoms with Gasteiger partial charge in [0.05, 0.1) is 12.5 Å². The number of esters is 1. The smallest absolute Gasteiger partial charge is 0.341 e. The van der Waals surface area contributed by atoms with Gasteiger partial charge in [0.1, 0.15) is 10.5 Å². The first-order valence-electron chi connectivity index (χ1n) is 10.9. The summed E-state index contributed by atoms with van der Waals surface area (Å²) in [6.45, 7) is 5.87. The maximum atomic E-state index is 13.6. The molecule has 1 amide bonds. The Morgan fingerprint density at radius 2 is 1.85 bits per heavy atom. The highest BCUT2D eigenvalue weighted by atomic mass is 35.5. The maximum Gasteiger partial charge on any atom is 0.341 e. The van der Waals surface area contributed by atoms with Crippen molar-refractivity contribution in [3.8, 4) is 0 Å². The van der Waals surface area contributed by atoms with Gasteiger partial charge in [0, 0.05) is 43.1 Å². The standard InChI is InChI=1S/C23H30ClN3O5S/c1-5-32-23(29)20-15(2)26(4)16(3)21(20)33(30,31)27-12-6-7-18(14-27)22(28)25-13-17-8-10-19(24)11-9-17/h8-11,18H,5-7,12-14H2,1-4H3,(H,25,28)/t18-/m0/s1. The number of aromatic nitrogens is 1. The molecule has 1 aromatic heterocycles. The van der Waals surface area contributed by atoms with Gasteiger partial charge >= 0.3 is 5.97 Å². The van der Waals surface area contributed by atoms with Crippen LogP contribution >= 0.6 is 11.6 Å². The van der Waals surface area contributed by atoms with Crippen molar-refractivity contribution in [2.45, 2.75) is 45.1 Å². The number of ether oxygens (including phenoxy) is 1. The topological polar surface area (TPSA) is 97.7 Å². The van der Waals surface area contributed by atoms with E-state index in [0.29, 0.717) is 42.3 Å². The van der Waals surface area contributed by atoms with Crippen LogP contribution in [0.15, 0.2) is 29.2 Å². The number of nitrogens with one attached hydrogen (secondary N) is 1. The molecular weight excluding hydrogens is 466 g/mol. The molecule has 1 aliphatic rings. The lowest BCUT2D eigenvalue weighted by molar-refractivity contribution is -0.126. The summed E-state index contributed by atoms with van der Waals surface area (Å²) in [6.07, 6.45) is 1.15. The SMILES string of the molecule is CCOC(=O)c1c(S(=O)(=O)N2CCC[C@H](C(=O)NCc3ccc(Cl)cc3)C2)c(C)n(C)c1C. The third-order valence-corrected chi connectivity index (χ3v) is 8.41. The molecule has 1 fully saturated rings. The van der Waals surface area contributed by atoms with Crippen molar-refractivity contribution in [3.63, 3.8) is 0 Å². The Kier molecular flexibility index (Phi) is 7.87. The largest absolute Gasteiger partial charge is 0.462 e. The van der Waals surface area contributed by atoms with Crippen molar-refractivity contribution < 1.29 is 22.7 Å². The van der Waals surface area contributed by atoms with Crippen LogP contribution in [-0.4, -0.2) is 48.9 Å². The molecule has 0 bridgehead atoms. The van der Waals surface area contributed by atoms with Gasteiger partial charge in [-0.3, -0.25) is 4.79 Å². The molecule has 10 heteroatoms. The molecule has 1 aromatic carbocycles. The minimum absolute atomic E-state index is 0.0387. The molecule has 0 saturated carbocycles. The highest BCUT2D eigenvalue weighted by Crippen LogP contribution is 2.32. The second kappa shape index (κ2) is 10.3. The van der Waals surface area contributed by atoms with Crippen LogP contribution in [0, 0.1) is 19.8 Å². The van der Waals surface area contributed by atoms with Gasteiger partial charge in [0.2, 0.25) is 15.9 Å². The van der Waals surface area contributed by atoms with Gasteiger partial charge < -0.3 is 14.6 Å². The van der Waals surface area contributed by atoms with E-state index in [2.05, 4.69) is 5.32 Å². The predicted octanol–water partition coefficient (Wildman–Crippen LogP) is 3.19. The quantitative estimate of drug-likeness (QED) is 0.595.